The second kappa shape index (κ2) is 10.1. The molecule has 0 amide bonds. The highest BCUT2D eigenvalue weighted by molar-refractivity contribution is 5.75. The van der Waals surface area contributed by atoms with Gasteiger partial charge in [0.15, 0.2) is 0 Å². The average Bonchev–Trinajstić information content (AvgIpc) is 2.70. The molecular formula is C24H34O4. The molecule has 0 aromatic heterocycles. The molecule has 1 aromatic carbocycles. The van der Waals surface area contributed by atoms with Crippen LogP contribution in [0.15, 0.2) is 24.3 Å². The second-order valence-corrected chi connectivity index (χ2v) is 8.75. The summed E-state index contributed by atoms with van der Waals surface area (Å²) in [5.41, 5.74) is 0. The molecule has 2 saturated carbocycles. The van der Waals surface area contributed by atoms with Gasteiger partial charge in [-0.1, -0.05) is 26.7 Å². The Labute approximate surface area is 169 Å². The van der Waals surface area contributed by atoms with Crippen LogP contribution in [-0.4, -0.2) is 11.9 Å². The van der Waals surface area contributed by atoms with Crippen LogP contribution in [0.4, 0.5) is 0 Å². The zero-order valence-corrected chi connectivity index (χ0v) is 17.3. The van der Waals surface area contributed by atoms with E-state index in [-0.39, 0.29) is 17.9 Å². The van der Waals surface area contributed by atoms with E-state index in [1.807, 2.05) is 6.92 Å². The molecule has 0 aliphatic heterocycles. The van der Waals surface area contributed by atoms with Gasteiger partial charge in [0.25, 0.3) is 0 Å². The summed E-state index contributed by atoms with van der Waals surface area (Å²) in [6, 6.07) is 6.75. The number of hydrogen-bond donors (Lipinski definition) is 0. The molecule has 2 fully saturated rings. The van der Waals surface area contributed by atoms with Crippen LogP contribution in [-0.2, 0) is 9.59 Å². The van der Waals surface area contributed by atoms with Crippen molar-refractivity contribution < 1.29 is 19.1 Å². The molecule has 154 valence electrons. The Kier molecular flexibility index (Phi) is 7.52. The Bertz CT molecular complexity index is 635. The molecule has 0 unspecified atom stereocenters. The molecule has 3 rings (SSSR count). The van der Waals surface area contributed by atoms with E-state index >= 15 is 0 Å². The summed E-state index contributed by atoms with van der Waals surface area (Å²) in [6.07, 6.45) is 10.9. The number of benzene rings is 1. The predicted molar refractivity (Wildman–Crippen MR) is 109 cm³/mol. The third-order valence-electron chi connectivity index (χ3n) is 6.56. The van der Waals surface area contributed by atoms with Crippen molar-refractivity contribution in [3.05, 3.63) is 24.3 Å². The van der Waals surface area contributed by atoms with Crippen LogP contribution in [0.25, 0.3) is 0 Å². The van der Waals surface area contributed by atoms with Crippen molar-refractivity contribution >= 4 is 11.9 Å². The van der Waals surface area contributed by atoms with Gasteiger partial charge in [-0.2, -0.15) is 0 Å². The van der Waals surface area contributed by atoms with E-state index in [1.165, 1.54) is 25.7 Å². The lowest BCUT2D eigenvalue weighted by atomic mass is 9.69. The summed E-state index contributed by atoms with van der Waals surface area (Å²) in [5, 5.41) is 0. The molecule has 28 heavy (non-hydrogen) atoms. The molecular weight excluding hydrogens is 352 g/mol. The lowest BCUT2D eigenvalue weighted by Gasteiger charge is -2.36. The van der Waals surface area contributed by atoms with Gasteiger partial charge in [-0.25, -0.2) is 0 Å². The molecule has 4 nitrogen and oxygen atoms in total. The van der Waals surface area contributed by atoms with E-state index in [4.69, 9.17) is 9.47 Å². The van der Waals surface area contributed by atoms with Crippen molar-refractivity contribution in [2.45, 2.75) is 78.1 Å². The summed E-state index contributed by atoms with van der Waals surface area (Å²) in [7, 11) is 0. The second-order valence-electron chi connectivity index (χ2n) is 8.75. The van der Waals surface area contributed by atoms with Gasteiger partial charge in [0.2, 0.25) is 0 Å². The monoisotopic (exact) mass is 386 g/mol. The summed E-state index contributed by atoms with van der Waals surface area (Å²) >= 11 is 0. The van der Waals surface area contributed by atoms with Gasteiger partial charge in [0, 0.05) is 6.42 Å². The maximum Gasteiger partial charge on any atom is 0.314 e. The Morgan fingerprint density at radius 3 is 1.86 bits per heavy atom. The van der Waals surface area contributed by atoms with Crippen molar-refractivity contribution in [1.82, 2.24) is 0 Å². The minimum absolute atomic E-state index is 0.0147. The Morgan fingerprint density at radius 1 is 0.821 bits per heavy atom. The first-order valence-electron chi connectivity index (χ1n) is 11.1. The Balaban J connectivity index is 1.43. The van der Waals surface area contributed by atoms with Crippen LogP contribution in [0.1, 0.15) is 78.1 Å². The molecule has 0 heterocycles. The molecule has 0 saturated heterocycles. The van der Waals surface area contributed by atoms with Gasteiger partial charge in [-0.15, -0.1) is 0 Å². The lowest BCUT2D eigenvalue weighted by molar-refractivity contribution is -0.140. The number of hydrogen-bond acceptors (Lipinski definition) is 4. The van der Waals surface area contributed by atoms with E-state index in [9.17, 15) is 9.59 Å². The van der Waals surface area contributed by atoms with Gasteiger partial charge in [-0.3, -0.25) is 9.59 Å². The maximum absolute atomic E-state index is 12.5. The smallest absolute Gasteiger partial charge is 0.314 e. The summed E-state index contributed by atoms with van der Waals surface area (Å²) < 4.78 is 10.8. The highest BCUT2D eigenvalue weighted by atomic mass is 16.5. The minimum Gasteiger partial charge on any atom is -0.427 e. The van der Waals surface area contributed by atoms with E-state index in [1.54, 1.807) is 24.3 Å². The molecule has 0 N–H and O–H groups in total. The Morgan fingerprint density at radius 2 is 1.32 bits per heavy atom. The zero-order chi connectivity index (χ0) is 19.9. The fourth-order valence-corrected chi connectivity index (χ4v) is 4.75. The van der Waals surface area contributed by atoms with E-state index in [0.717, 1.165) is 49.9 Å². The lowest BCUT2D eigenvalue weighted by Crippen LogP contribution is -2.29. The van der Waals surface area contributed by atoms with Crippen molar-refractivity contribution in [1.29, 1.82) is 0 Å². The highest BCUT2D eigenvalue weighted by Gasteiger charge is 2.33. The van der Waals surface area contributed by atoms with Crippen molar-refractivity contribution in [3.63, 3.8) is 0 Å². The standard InChI is InChI=1S/C24H34O4/c1-3-4-23(25)27-21-13-15-22(16-14-21)28-24(26)20-11-9-19(10-12-20)18-7-5-17(2)6-8-18/h13-20H,3-12H2,1-2H3. The van der Waals surface area contributed by atoms with Crippen LogP contribution >= 0.6 is 0 Å². The van der Waals surface area contributed by atoms with Crippen LogP contribution in [0.2, 0.25) is 0 Å². The molecule has 0 bridgehead atoms. The van der Waals surface area contributed by atoms with Crippen molar-refractivity contribution in [3.8, 4) is 11.5 Å². The normalized spacial score (nSPS) is 27.8. The molecule has 4 heteroatoms. The molecule has 0 atom stereocenters. The van der Waals surface area contributed by atoms with Crippen molar-refractivity contribution in [2.24, 2.45) is 23.7 Å². The minimum atomic E-state index is -0.239. The molecule has 2 aliphatic rings. The SMILES string of the molecule is CCCC(=O)Oc1ccc(OC(=O)C2CCC(C3CCC(C)CC3)CC2)cc1. The van der Waals surface area contributed by atoms with E-state index in [0.29, 0.717) is 17.9 Å². The van der Waals surface area contributed by atoms with Crippen LogP contribution in [0, 0.1) is 23.7 Å². The zero-order valence-electron chi connectivity index (χ0n) is 17.3. The van der Waals surface area contributed by atoms with Gasteiger partial charge < -0.3 is 9.47 Å². The number of ether oxygens (including phenoxy) is 2. The molecule has 0 radical (unpaired) electrons. The maximum atomic E-state index is 12.5. The van der Waals surface area contributed by atoms with E-state index in [2.05, 4.69) is 6.92 Å². The topological polar surface area (TPSA) is 52.6 Å². The average molecular weight is 387 g/mol. The highest BCUT2D eigenvalue weighted by Crippen LogP contribution is 2.41. The van der Waals surface area contributed by atoms with E-state index < -0.39 is 0 Å². The van der Waals surface area contributed by atoms with Gasteiger partial charge in [0.1, 0.15) is 11.5 Å². The fraction of sp³-hybridized carbons (Fsp3) is 0.667. The molecule has 2 aliphatic carbocycles. The van der Waals surface area contributed by atoms with Crippen LogP contribution in [0.3, 0.4) is 0 Å². The number of carbonyl (C=O) groups excluding carboxylic acids is 2. The number of carbonyl (C=O) groups is 2. The molecule has 0 spiro atoms. The summed E-state index contributed by atoms with van der Waals surface area (Å²) in [6.45, 7) is 4.30. The number of rotatable bonds is 6. The van der Waals surface area contributed by atoms with Gasteiger partial charge in [-0.05, 0) is 87.0 Å². The third kappa shape index (κ3) is 5.83. The van der Waals surface area contributed by atoms with Gasteiger partial charge in [0.05, 0.1) is 5.92 Å². The quantitative estimate of drug-likeness (QED) is 0.449. The summed E-state index contributed by atoms with van der Waals surface area (Å²) in [4.78, 5) is 24.1. The van der Waals surface area contributed by atoms with Crippen LogP contribution < -0.4 is 9.47 Å². The third-order valence-corrected chi connectivity index (χ3v) is 6.56. The van der Waals surface area contributed by atoms with Crippen LogP contribution in [0.5, 0.6) is 11.5 Å². The largest absolute Gasteiger partial charge is 0.427 e. The first-order valence-corrected chi connectivity index (χ1v) is 11.1. The van der Waals surface area contributed by atoms with Crippen molar-refractivity contribution in [2.75, 3.05) is 0 Å². The molecule has 1 aromatic rings. The first-order chi connectivity index (χ1) is 13.5. The fourth-order valence-electron chi connectivity index (χ4n) is 4.75. The number of esters is 2. The summed E-state index contributed by atoms with van der Waals surface area (Å²) in [5.74, 6) is 3.22. The van der Waals surface area contributed by atoms with Gasteiger partial charge >= 0.3 is 11.9 Å². The predicted octanol–water partition coefficient (Wildman–Crippen LogP) is 5.93. The Hall–Kier alpha value is -1.84. The first kappa shape index (κ1) is 20.9.